The summed E-state index contributed by atoms with van der Waals surface area (Å²) in [6.45, 7) is 3.83. The topological polar surface area (TPSA) is 69.2 Å². The number of amides is 1. The molecule has 29 heavy (non-hydrogen) atoms. The summed E-state index contributed by atoms with van der Waals surface area (Å²) >= 11 is 0. The number of hydrogen-bond donors (Lipinski definition) is 1. The van der Waals surface area contributed by atoms with Gasteiger partial charge in [-0.05, 0) is 56.3 Å². The van der Waals surface area contributed by atoms with Gasteiger partial charge in [0.2, 0.25) is 6.10 Å². The molecule has 0 heterocycles. The SMILES string of the molecule is CCOc1ccc(/C=N/OC(C)C(=O)Nc2ccc(C(F)(F)F)cc2)cc1OC. The molecule has 0 saturated carbocycles. The normalized spacial score (nSPS) is 12.5. The monoisotopic (exact) mass is 410 g/mol. The zero-order chi connectivity index (χ0) is 21.4. The number of halogens is 3. The lowest BCUT2D eigenvalue weighted by Gasteiger charge is -2.12. The molecule has 0 saturated heterocycles. The van der Waals surface area contributed by atoms with Crippen molar-refractivity contribution < 1.29 is 32.3 Å². The van der Waals surface area contributed by atoms with Gasteiger partial charge in [0.05, 0.1) is 25.5 Å². The third-order valence-corrected chi connectivity index (χ3v) is 3.76. The summed E-state index contributed by atoms with van der Waals surface area (Å²) in [5.74, 6) is 0.576. The molecule has 1 unspecified atom stereocenters. The first-order chi connectivity index (χ1) is 13.7. The number of nitrogens with zero attached hydrogens (tertiary/aromatic N) is 1. The van der Waals surface area contributed by atoms with Crippen LogP contribution in [-0.4, -0.2) is 31.9 Å². The predicted octanol–water partition coefficient (Wildman–Crippen LogP) is 4.49. The van der Waals surface area contributed by atoms with Gasteiger partial charge in [-0.25, -0.2) is 0 Å². The van der Waals surface area contributed by atoms with Gasteiger partial charge in [-0.1, -0.05) is 5.16 Å². The van der Waals surface area contributed by atoms with Gasteiger partial charge in [-0.15, -0.1) is 0 Å². The zero-order valence-corrected chi connectivity index (χ0v) is 16.1. The molecule has 156 valence electrons. The van der Waals surface area contributed by atoms with Crippen molar-refractivity contribution >= 4 is 17.8 Å². The van der Waals surface area contributed by atoms with Crippen LogP contribution in [0, 0.1) is 0 Å². The average molecular weight is 410 g/mol. The third-order valence-electron chi connectivity index (χ3n) is 3.76. The third kappa shape index (κ3) is 6.41. The minimum absolute atomic E-state index is 0.221. The Morgan fingerprint density at radius 1 is 1.17 bits per heavy atom. The molecule has 6 nitrogen and oxygen atoms in total. The van der Waals surface area contributed by atoms with Crippen LogP contribution in [0.4, 0.5) is 18.9 Å². The highest BCUT2D eigenvalue weighted by molar-refractivity contribution is 5.94. The van der Waals surface area contributed by atoms with Gasteiger partial charge < -0.3 is 19.6 Å². The number of anilines is 1. The van der Waals surface area contributed by atoms with Gasteiger partial charge in [0.25, 0.3) is 5.91 Å². The van der Waals surface area contributed by atoms with E-state index < -0.39 is 23.8 Å². The molecule has 0 bridgehead atoms. The van der Waals surface area contributed by atoms with E-state index in [1.54, 1.807) is 18.2 Å². The van der Waals surface area contributed by atoms with E-state index >= 15 is 0 Å². The number of carbonyl (C=O) groups excluding carboxylic acids is 1. The van der Waals surface area contributed by atoms with Crippen molar-refractivity contribution in [3.8, 4) is 11.5 Å². The van der Waals surface area contributed by atoms with Gasteiger partial charge in [0, 0.05) is 11.3 Å². The zero-order valence-electron chi connectivity index (χ0n) is 16.1. The maximum absolute atomic E-state index is 12.6. The van der Waals surface area contributed by atoms with E-state index in [0.717, 1.165) is 12.1 Å². The van der Waals surface area contributed by atoms with Crippen molar-refractivity contribution in [2.75, 3.05) is 19.0 Å². The fraction of sp³-hybridized carbons (Fsp3) is 0.300. The Morgan fingerprint density at radius 2 is 1.86 bits per heavy atom. The summed E-state index contributed by atoms with van der Waals surface area (Å²) in [6, 6.07) is 9.28. The summed E-state index contributed by atoms with van der Waals surface area (Å²) in [5.41, 5.74) is 0.0921. The van der Waals surface area contributed by atoms with Crippen LogP contribution in [0.3, 0.4) is 0 Å². The number of alkyl halides is 3. The lowest BCUT2D eigenvalue weighted by molar-refractivity contribution is -0.137. The van der Waals surface area contributed by atoms with Gasteiger partial charge in [0.15, 0.2) is 11.5 Å². The molecule has 1 amide bonds. The first kappa shape index (κ1) is 22.1. The molecule has 2 rings (SSSR count). The van der Waals surface area contributed by atoms with Gasteiger partial charge in [0.1, 0.15) is 0 Å². The van der Waals surface area contributed by atoms with E-state index in [4.69, 9.17) is 14.3 Å². The number of rotatable bonds is 8. The number of hydrogen-bond acceptors (Lipinski definition) is 5. The van der Waals surface area contributed by atoms with Crippen LogP contribution in [0.25, 0.3) is 0 Å². The van der Waals surface area contributed by atoms with E-state index in [1.165, 1.54) is 32.4 Å². The van der Waals surface area contributed by atoms with Crippen LogP contribution in [0.5, 0.6) is 11.5 Å². The van der Waals surface area contributed by atoms with Crippen molar-refractivity contribution in [1.82, 2.24) is 0 Å². The summed E-state index contributed by atoms with van der Waals surface area (Å²) < 4.78 is 48.3. The molecule has 0 spiro atoms. The Labute approximate surface area is 166 Å². The van der Waals surface area contributed by atoms with Crippen LogP contribution in [0.2, 0.25) is 0 Å². The Balaban J connectivity index is 1.92. The smallest absolute Gasteiger partial charge is 0.416 e. The second-order valence-corrected chi connectivity index (χ2v) is 5.89. The maximum atomic E-state index is 12.6. The minimum atomic E-state index is -4.43. The summed E-state index contributed by atoms with van der Waals surface area (Å²) in [5, 5.41) is 6.24. The molecule has 0 aliphatic heterocycles. The summed E-state index contributed by atoms with van der Waals surface area (Å²) in [4.78, 5) is 17.2. The van der Waals surface area contributed by atoms with E-state index in [1.807, 2.05) is 6.92 Å². The highest BCUT2D eigenvalue weighted by Crippen LogP contribution is 2.30. The van der Waals surface area contributed by atoms with Crippen molar-refractivity contribution in [3.05, 3.63) is 53.6 Å². The fourth-order valence-electron chi connectivity index (χ4n) is 2.26. The standard InChI is InChI=1S/C20H21F3N2O4/c1-4-28-17-10-5-14(11-18(17)27-3)12-24-29-13(2)19(26)25-16-8-6-15(7-9-16)20(21,22)23/h5-13H,4H2,1-3H3,(H,25,26)/b24-12+. The molecule has 0 aliphatic carbocycles. The second-order valence-electron chi connectivity index (χ2n) is 5.89. The second kappa shape index (κ2) is 9.81. The molecule has 9 heteroatoms. The molecule has 2 aromatic carbocycles. The van der Waals surface area contributed by atoms with Crippen molar-refractivity contribution in [1.29, 1.82) is 0 Å². The molecule has 2 aromatic rings. The highest BCUT2D eigenvalue weighted by atomic mass is 19.4. The Hall–Kier alpha value is -3.23. The quantitative estimate of drug-likeness (QED) is 0.514. The molecule has 0 aromatic heterocycles. The lowest BCUT2D eigenvalue weighted by atomic mass is 10.2. The van der Waals surface area contributed by atoms with Crippen molar-refractivity contribution in [2.45, 2.75) is 26.1 Å². The molecule has 0 radical (unpaired) electrons. The summed E-state index contributed by atoms with van der Waals surface area (Å²) in [6.07, 6.45) is -3.99. The molecule has 1 atom stereocenters. The number of oxime groups is 1. The minimum Gasteiger partial charge on any atom is -0.493 e. The lowest BCUT2D eigenvalue weighted by Crippen LogP contribution is -2.26. The predicted molar refractivity (Wildman–Crippen MR) is 102 cm³/mol. The van der Waals surface area contributed by atoms with Gasteiger partial charge in [-0.3, -0.25) is 4.79 Å². The fourth-order valence-corrected chi connectivity index (χ4v) is 2.26. The number of nitrogens with one attached hydrogen (secondary N) is 1. The van der Waals surface area contributed by atoms with E-state index in [-0.39, 0.29) is 5.69 Å². The van der Waals surface area contributed by atoms with Crippen LogP contribution in [-0.2, 0) is 15.8 Å². The summed E-state index contributed by atoms with van der Waals surface area (Å²) in [7, 11) is 1.52. The first-order valence-electron chi connectivity index (χ1n) is 8.72. The van der Waals surface area contributed by atoms with Crippen LogP contribution >= 0.6 is 0 Å². The number of benzene rings is 2. The molecule has 0 aliphatic rings. The van der Waals surface area contributed by atoms with Gasteiger partial charge >= 0.3 is 6.18 Å². The molecular formula is C20H21F3N2O4. The Bertz CT molecular complexity index is 852. The van der Waals surface area contributed by atoms with Crippen molar-refractivity contribution in [3.63, 3.8) is 0 Å². The van der Waals surface area contributed by atoms with E-state index in [0.29, 0.717) is 23.7 Å². The average Bonchev–Trinajstić information content (AvgIpc) is 2.68. The van der Waals surface area contributed by atoms with Gasteiger partial charge in [-0.2, -0.15) is 13.2 Å². The van der Waals surface area contributed by atoms with E-state index in [9.17, 15) is 18.0 Å². The Kier molecular flexibility index (Phi) is 7.46. The molecule has 1 N–H and O–H groups in total. The number of methoxy groups -OCH3 is 1. The number of carbonyl (C=O) groups is 1. The molecule has 0 fully saturated rings. The van der Waals surface area contributed by atoms with Crippen molar-refractivity contribution in [2.24, 2.45) is 5.16 Å². The first-order valence-corrected chi connectivity index (χ1v) is 8.72. The largest absolute Gasteiger partial charge is 0.493 e. The van der Waals surface area contributed by atoms with Crippen LogP contribution in [0.1, 0.15) is 25.0 Å². The maximum Gasteiger partial charge on any atom is 0.416 e. The molecular weight excluding hydrogens is 389 g/mol. The van der Waals surface area contributed by atoms with E-state index in [2.05, 4.69) is 10.5 Å². The van der Waals surface area contributed by atoms with Crippen LogP contribution in [0.15, 0.2) is 47.6 Å². The number of ether oxygens (including phenoxy) is 2. The van der Waals surface area contributed by atoms with Crippen LogP contribution < -0.4 is 14.8 Å². The Morgan fingerprint density at radius 3 is 2.45 bits per heavy atom. The highest BCUT2D eigenvalue weighted by Gasteiger charge is 2.30.